The van der Waals surface area contributed by atoms with Crippen LogP contribution in [0.2, 0.25) is 0 Å². The second-order valence-corrected chi connectivity index (χ2v) is 5.70. The zero-order valence-electron chi connectivity index (χ0n) is 13.4. The number of hydrogen-bond donors (Lipinski definition) is 1. The summed E-state index contributed by atoms with van der Waals surface area (Å²) in [5.41, 5.74) is 2.54. The highest BCUT2D eigenvalue weighted by molar-refractivity contribution is 6.05. The first-order valence-electron chi connectivity index (χ1n) is 7.65. The second kappa shape index (κ2) is 6.57. The molecule has 3 rings (SSSR count). The summed E-state index contributed by atoms with van der Waals surface area (Å²) in [7, 11) is 0. The van der Waals surface area contributed by atoms with Gasteiger partial charge in [0.05, 0.1) is 23.1 Å². The molecule has 0 fully saturated rings. The second-order valence-electron chi connectivity index (χ2n) is 5.70. The van der Waals surface area contributed by atoms with Gasteiger partial charge in [0.2, 0.25) is 5.91 Å². The Kier molecular flexibility index (Phi) is 4.31. The van der Waals surface area contributed by atoms with Gasteiger partial charge < -0.3 is 10.1 Å². The third-order valence-electron chi connectivity index (χ3n) is 4.08. The lowest BCUT2D eigenvalue weighted by molar-refractivity contribution is -0.116. The van der Waals surface area contributed by atoms with E-state index in [0.29, 0.717) is 16.8 Å². The zero-order chi connectivity index (χ0) is 18.0. The van der Waals surface area contributed by atoms with Crippen molar-refractivity contribution in [1.29, 1.82) is 5.26 Å². The number of nitriles is 1. The fourth-order valence-corrected chi connectivity index (χ4v) is 2.57. The lowest BCUT2D eigenvalue weighted by Crippen LogP contribution is -2.14. The number of nitrogens with one attached hydrogen (secondary N) is 1. The molecule has 25 heavy (non-hydrogen) atoms. The maximum atomic E-state index is 12.2. The van der Waals surface area contributed by atoms with Crippen molar-refractivity contribution in [1.82, 2.24) is 0 Å². The number of esters is 1. The SMILES string of the molecule is C[C@H]1C(=O)Nc2ccc(C(=O)COC(=O)c3ccc(C#N)cc3)cc21. The van der Waals surface area contributed by atoms with Crippen molar-refractivity contribution in [2.75, 3.05) is 11.9 Å². The van der Waals surface area contributed by atoms with Gasteiger partial charge in [-0.3, -0.25) is 9.59 Å². The van der Waals surface area contributed by atoms with Crippen LogP contribution in [-0.4, -0.2) is 24.3 Å². The number of amides is 1. The van der Waals surface area contributed by atoms with Crippen molar-refractivity contribution in [2.45, 2.75) is 12.8 Å². The molecule has 0 saturated heterocycles. The minimum Gasteiger partial charge on any atom is -0.454 e. The van der Waals surface area contributed by atoms with E-state index in [1.54, 1.807) is 25.1 Å². The molecule has 0 unspecified atom stereocenters. The predicted molar refractivity (Wildman–Crippen MR) is 89.3 cm³/mol. The number of carbonyl (C=O) groups excluding carboxylic acids is 3. The number of benzene rings is 2. The van der Waals surface area contributed by atoms with Crippen LogP contribution in [0.5, 0.6) is 0 Å². The molecule has 6 nitrogen and oxygen atoms in total. The van der Waals surface area contributed by atoms with Crippen LogP contribution in [0.1, 0.15) is 44.7 Å². The molecular formula is C19H14N2O4. The summed E-state index contributed by atoms with van der Waals surface area (Å²) < 4.78 is 5.03. The topological polar surface area (TPSA) is 96.3 Å². The van der Waals surface area contributed by atoms with Gasteiger partial charge in [-0.05, 0) is 55.0 Å². The minimum absolute atomic E-state index is 0.105. The van der Waals surface area contributed by atoms with E-state index >= 15 is 0 Å². The van der Waals surface area contributed by atoms with Crippen LogP contribution in [-0.2, 0) is 9.53 Å². The molecule has 2 aromatic carbocycles. The number of rotatable bonds is 4. The Morgan fingerprint density at radius 1 is 1.16 bits per heavy atom. The first-order chi connectivity index (χ1) is 12.0. The number of ketones is 1. The number of hydrogen-bond acceptors (Lipinski definition) is 5. The van der Waals surface area contributed by atoms with Gasteiger partial charge in [0.25, 0.3) is 0 Å². The highest BCUT2D eigenvalue weighted by atomic mass is 16.5. The van der Waals surface area contributed by atoms with Crippen LogP contribution in [0.25, 0.3) is 0 Å². The van der Waals surface area contributed by atoms with E-state index in [1.165, 1.54) is 24.3 Å². The van der Waals surface area contributed by atoms with Crippen molar-refractivity contribution in [3.63, 3.8) is 0 Å². The van der Waals surface area contributed by atoms with Gasteiger partial charge in [-0.25, -0.2) is 4.79 Å². The molecule has 0 spiro atoms. The lowest BCUT2D eigenvalue weighted by Gasteiger charge is -2.07. The van der Waals surface area contributed by atoms with Gasteiger partial charge in [0.1, 0.15) is 0 Å². The molecule has 124 valence electrons. The summed E-state index contributed by atoms with van der Waals surface area (Å²) in [6, 6.07) is 12.8. The summed E-state index contributed by atoms with van der Waals surface area (Å²) in [6.07, 6.45) is 0. The fraction of sp³-hybridized carbons (Fsp3) is 0.158. The van der Waals surface area contributed by atoms with E-state index in [4.69, 9.17) is 10.00 Å². The number of ether oxygens (including phenoxy) is 1. The summed E-state index contributed by atoms with van der Waals surface area (Å²) in [6.45, 7) is 1.37. The first kappa shape index (κ1) is 16.4. The Morgan fingerprint density at radius 2 is 1.84 bits per heavy atom. The Hall–Kier alpha value is -3.46. The van der Waals surface area contributed by atoms with Crippen LogP contribution >= 0.6 is 0 Å². The third kappa shape index (κ3) is 3.26. The molecule has 0 radical (unpaired) electrons. The van der Waals surface area contributed by atoms with Crippen LogP contribution in [0.15, 0.2) is 42.5 Å². The first-order valence-corrected chi connectivity index (χ1v) is 7.65. The molecule has 6 heteroatoms. The molecule has 0 bridgehead atoms. The normalized spacial score (nSPS) is 15.0. The Labute approximate surface area is 144 Å². The summed E-state index contributed by atoms with van der Waals surface area (Å²) >= 11 is 0. The zero-order valence-corrected chi connectivity index (χ0v) is 13.4. The third-order valence-corrected chi connectivity index (χ3v) is 4.08. The van der Waals surface area contributed by atoms with Crippen molar-refractivity contribution < 1.29 is 19.1 Å². The lowest BCUT2D eigenvalue weighted by atomic mass is 9.99. The predicted octanol–water partition coefficient (Wildman–Crippen LogP) is 2.65. The van der Waals surface area contributed by atoms with Crippen LogP contribution in [0, 0.1) is 11.3 Å². The smallest absolute Gasteiger partial charge is 0.338 e. The van der Waals surface area contributed by atoms with E-state index in [-0.39, 0.29) is 23.2 Å². The summed E-state index contributed by atoms with van der Waals surface area (Å²) in [4.78, 5) is 35.8. The molecule has 0 aromatic heterocycles. The standard InChI is InChI=1S/C19H14N2O4/c1-11-15-8-14(6-7-16(15)21-18(11)23)17(22)10-25-19(24)13-4-2-12(9-20)3-5-13/h2-8,11H,10H2,1H3,(H,21,23)/t11-/m1/s1. The maximum Gasteiger partial charge on any atom is 0.338 e. The molecule has 0 aliphatic carbocycles. The highest BCUT2D eigenvalue weighted by Gasteiger charge is 2.27. The molecule has 1 aliphatic rings. The van der Waals surface area contributed by atoms with E-state index in [1.807, 2.05) is 6.07 Å². The molecule has 2 aromatic rings. The minimum atomic E-state index is -0.635. The molecule has 1 amide bonds. The number of nitrogens with zero attached hydrogens (tertiary/aromatic N) is 1. The molecular weight excluding hydrogens is 320 g/mol. The molecule has 1 aliphatic heterocycles. The van der Waals surface area contributed by atoms with Crippen LogP contribution < -0.4 is 5.32 Å². The Bertz CT molecular complexity index is 910. The number of carbonyl (C=O) groups is 3. The van der Waals surface area contributed by atoms with E-state index < -0.39 is 12.6 Å². The summed E-state index contributed by atoms with van der Waals surface area (Å²) in [5.74, 6) is -1.41. The number of fused-ring (bicyclic) bond motifs is 1. The van der Waals surface area contributed by atoms with E-state index in [0.717, 1.165) is 5.56 Å². The molecule has 1 atom stereocenters. The van der Waals surface area contributed by atoms with Crippen LogP contribution in [0.3, 0.4) is 0 Å². The Balaban J connectivity index is 1.66. The number of anilines is 1. The van der Waals surface area contributed by atoms with Crippen molar-refractivity contribution in [2.24, 2.45) is 0 Å². The monoisotopic (exact) mass is 334 g/mol. The van der Waals surface area contributed by atoms with Crippen LogP contribution in [0.4, 0.5) is 5.69 Å². The van der Waals surface area contributed by atoms with E-state index in [9.17, 15) is 14.4 Å². The average molecular weight is 334 g/mol. The van der Waals surface area contributed by atoms with Gasteiger partial charge in [0.15, 0.2) is 12.4 Å². The Morgan fingerprint density at radius 3 is 2.52 bits per heavy atom. The van der Waals surface area contributed by atoms with Gasteiger partial charge in [-0.2, -0.15) is 5.26 Å². The highest BCUT2D eigenvalue weighted by Crippen LogP contribution is 2.32. The van der Waals surface area contributed by atoms with Crippen molar-refractivity contribution in [3.8, 4) is 6.07 Å². The van der Waals surface area contributed by atoms with Crippen molar-refractivity contribution in [3.05, 3.63) is 64.7 Å². The quantitative estimate of drug-likeness (QED) is 0.685. The maximum absolute atomic E-state index is 12.2. The fourth-order valence-electron chi connectivity index (χ4n) is 2.57. The van der Waals surface area contributed by atoms with E-state index in [2.05, 4.69) is 5.32 Å². The molecule has 1 heterocycles. The molecule has 0 saturated carbocycles. The van der Waals surface area contributed by atoms with Gasteiger partial charge in [-0.1, -0.05) is 0 Å². The van der Waals surface area contributed by atoms with Gasteiger partial charge in [0, 0.05) is 11.3 Å². The van der Waals surface area contributed by atoms with Gasteiger partial charge in [-0.15, -0.1) is 0 Å². The largest absolute Gasteiger partial charge is 0.454 e. The van der Waals surface area contributed by atoms with Crippen molar-refractivity contribution >= 4 is 23.3 Å². The summed E-state index contributed by atoms with van der Waals surface area (Å²) in [5, 5.41) is 11.5. The average Bonchev–Trinajstić information content (AvgIpc) is 2.93. The van der Waals surface area contributed by atoms with Gasteiger partial charge >= 0.3 is 5.97 Å². The molecule has 1 N–H and O–H groups in total. The number of Topliss-reactive ketones (excluding diaryl/α,β-unsaturated/α-hetero) is 1.